The molecule has 2 aromatic heterocycles. The number of sulfonamides is 1. The number of rotatable bonds is 7. The summed E-state index contributed by atoms with van der Waals surface area (Å²) in [4.78, 5) is 24.6. The Hall–Kier alpha value is -3.31. The quantitative estimate of drug-likeness (QED) is 0.600. The minimum atomic E-state index is -3.41. The first-order valence-corrected chi connectivity index (χ1v) is 10.5. The van der Waals surface area contributed by atoms with Crippen molar-refractivity contribution >= 4 is 33.1 Å². The second-order valence-corrected chi connectivity index (χ2v) is 8.46. The molecule has 3 aromatic rings. The number of hydrogen-bond donors (Lipinski definition) is 2. The summed E-state index contributed by atoms with van der Waals surface area (Å²) in [5, 5.41) is 5.83. The first-order valence-electron chi connectivity index (χ1n) is 8.63. The molecular weight excluding hydrogens is 394 g/mol. The van der Waals surface area contributed by atoms with E-state index in [1.54, 1.807) is 36.5 Å². The first-order chi connectivity index (χ1) is 13.7. The van der Waals surface area contributed by atoms with Crippen LogP contribution in [0.1, 0.15) is 5.82 Å². The van der Waals surface area contributed by atoms with Crippen molar-refractivity contribution < 1.29 is 13.2 Å². The van der Waals surface area contributed by atoms with Crippen LogP contribution in [-0.2, 0) is 14.8 Å². The topological polar surface area (TPSA) is 122 Å². The molecule has 0 atom stereocenters. The van der Waals surface area contributed by atoms with Crippen LogP contribution < -0.4 is 10.6 Å². The average molecular weight is 415 g/mol. The second-order valence-electron chi connectivity index (χ2n) is 6.38. The molecule has 1 aromatic carbocycles. The lowest BCUT2D eigenvalue weighted by molar-refractivity contribution is -0.116. The molecule has 0 spiro atoms. The van der Waals surface area contributed by atoms with Crippen molar-refractivity contribution in [2.45, 2.75) is 6.92 Å². The van der Waals surface area contributed by atoms with Gasteiger partial charge in [0.1, 0.15) is 23.8 Å². The molecule has 0 aliphatic heterocycles. The Labute approximate surface area is 168 Å². The Morgan fingerprint density at radius 3 is 2.45 bits per heavy atom. The fraction of sp³-hybridized carbons (Fsp3) is 0.222. The molecule has 10 nitrogen and oxygen atoms in total. The van der Waals surface area contributed by atoms with E-state index in [9.17, 15) is 13.2 Å². The highest BCUT2D eigenvalue weighted by atomic mass is 32.2. The predicted octanol–water partition coefficient (Wildman–Crippen LogP) is 1.54. The molecule has 2 N–H and O–H groups in total. The Morgan fingerprint density at radius 2 is 1.83 bits per heavy atom. The number of nitrogens with one attached hydrogen (secondary N) is 2. The van der Waals surface area contributed by atoms with Gasteiger partial charge in [-0.1, -0.05) is 0 Å². The number of benzene rings is 1. The third-order valence-corrected chi connectivity index (χ3v) is 5.36. The minimum absolute atomic E-state index is 0.254. The maximum absolute atomic E-state index is 12.0. The minimum Gasteiger partial charge on any atom is -0.340 e. The predicted molar refractivity (Wildman–Crippen MR) is 110 cm³/mol. The number of carbonyl (C=O) groups excluding carboxylic acids is 1. The van der Waals surface area contributed by atoms with Gasteiger partial charge >= 0.3 is 0 Å². The highest BCUT2D eigenvalue weighted by Gasteiger charge is 2.15. The van der Waals surface area contributed by atoms with Gasteiger partial charge < -0.3 is 10.6 Å². The van der Waals surface area contributed by atoms with Crippen LogP contribution in [0.5, 0.6) is 0 Å². The first kappa shape index (κ1) is 20.4. The standard InChI is InChI=1S/C18H21N7O3S/c1-13-19-8-9-25(13)17-10-16(20-12-21-17)22-14-4-6-15(7-5-14)23-18(26)11-24(2)29(3,27)28/h4-10,12H,11H2,1-3H3,(H,23,26)(H,20,21,22). The largest absolute Gasteiger partial charge is 0.340 e. The third kappa shape index (κ3) is 5.36. The maximum Gasteiger partial charge on any atom is 0.239 e. The molecule has 0 saturated carbocycles. The normalized spacial score (nSPS) is 11.4. The van der Waals surface area contributed by atoms with Crippen molar-refractivity contribution in [3.05, 3.63) is 54.9 Å². The summed E-state index contributed by atoms with van der Waals surface area (Å²) < 4.78 is 25.6. The number of amides is 1. The van der Waals surface area contributed by atoms with Gasteiger partial charge in [0.15, 0.2) is 0 Å². The molecular formula is C18H21N7O3S. The van der Waals surface area contributed by atoms with Crippen molar-refractivity contribution in [1.82, 2.24) is 23.8 Å². The molecule has 0 aliphatic carbocycles. The lowest BCUT2D eigenvalue weighted by Crippen LogP contribution is -2.34. The average Bonchev–Trinajstić information content (AvgIpc) is 3.09. The van der Waals surface area contributed by atoms with E-state index in [4.69, 9.17) is 0 Å². The molecule has 29 heavy (non-hydrogen) atoms. The number of hydrogen-bond acceptors (Lipinski definition) is 7. The molecule has 0 unspecified atom stereocenters. The fourth-order valence-electron chi connectivity index (χ4n) is 2.47. The lowest BCUT2D eigenvalue weighted by atomic mass is 10.2. The van der Waals surface area contributed by atoms with Crippen LogP contribution in [0.15, 0.2) is 49.1 Å². The number of nitrogens with zero attached hydrogens (tertiary/aromatic N) is 5. The molecule has 0 saturated heterocycles. The summed E-state index contributed by atoms with van der Waals surface area (Å²) in [6, 6.07) is 8.78. The third-order valence-electron chi connectivity index (χ3n) is 4.10. The summed E-state index contributed by atoms with van der Waals surface area (Å²) >= 11 is 0. The Kier molecular flexibility index (Phi) is 5.89. The summed E-state index contributed by atoms with van der Waals surface area (Å²) in [5.41, 5.74) is 1.32. The highest BCUT2D eigenvalue weighted by molar-refractivity contribution is 7.88. The van der Waals surface area contributed by atoms with Gasteiger partial charge in [-0.05, 0) is 31.2 Å². The fourth-order valence-corrected chi connectivity index (χ4v) is 2.82. The number of aromatic nitrogens is 4. The zero-order valence-electron chi connectivity index (χ0n) is 16.2. The zero-order chi connectivity index (χ0) is 21.0. The van der Waals surface area contributed by atoms with Crippen LogP contribution in [0, 0.1) is 6.92 Å². The van der Waals surface area contributed by atoms with Crippen molar-refractivity contribution in [3.63, 3.8) is 0 Å². The summed E-state index contributed by atoms with van der Waals surface area (Å²) in [5.74, 6) is 1.69. The van der Waals surface area contributed by atoms with E-state index in [0.717, 1.165) is 22.1 Å². The Morgan fingerprint density at radius 1 is 1.14 bits per heavy atom. The molecule has 0 fully saturated rings. The summed E-state index contributed by atoms with van der Waals surface area (Å²) in [6.07, 6.45) is 6.03. The number of likely N-dealkylation sites (N-methyl/N-ethyl adjacent to an activating group) is 1. The molecule has 0 bridgehead atoms. The van der Waals surface area contributed by atoms with Gasteiger partial charge in [-0.25, -0.2) is 23.4 Å². The lowest BCUT2D eigenvalue weighted by Gasteiger charge is -2.14. The van der Waals surface area contributed by atoms with Crippen molar-refractivity contribution in [3.8, 4) is 5.82 Å². The maximum atomic E-state index is 12.0. The smallest absolute Gasteiger partial charge is 0.239 e. The number of imidazole rings is 1. The van der Waals surface area contributed by atoms with E-state index in [1.165, 1.54) is 13.4 Å². The Balaban J connectivity index is 1.64. The van der Waals surface area contributed by atoms with Crippen LogP contribution in [-0.4, -0.2) is 58.0 Å². The van der Waals surface area contributed by atoms with Gasteiger partial charge in [0.25, 0.3) is 0 Å². The van der Waals surface area contributed by atoms with E-state index < -0.39 is 15.9 Å². The monoisotopic (exact) mass is 415 g/mol. The van der Waals surface area contributed by atoms with E-state index in [2.05, 4.69) is 25.6 Å². The second kappa shape index (κ2) is 8.37. The van der Waals surface area contributed by atoms with Crippen molar-refractivity contribution in [1.29, 1.82) is 0 Å². The highest BCUT2D eigenvalue weighted by Crippen LogP contribution is 2.19. The SMILES string of the molecule is Cc1nccn1-c1cc(Nc2ccc(NC(=O)CN(C)S(C)(=O)=O)cc2)ncn1. The van der Waals surface area contributed by atoms with E-state index in [0.29, 0.717) is 17.3 Å². The summed E-state index contributed by atoms with van der Waals surface area (Å²) in [6.45, 7) is 1.63. The number of aryl methyl sites for hydroxylation is 1. The van der Waals surface area contributed by atoms with Gasteiger partial charge in [-0.15, -0.1) is 0 Å². The zero-order valence-corrected chi connectivity index (χ0v) is 17.0. The number of anilines is 3. The van der Waals surface area contributed by atoms with Gasteiger partial charge in [-0.3, -0.25) is 9.36 Å². The van der Waals surface area contributed by atoms with Crippen LogP contribution in [0.2, 0.25) is 0 Å². The van der Waals surface area contributed by atoms with Gasteiger partial charge in [0, 0.05) is 36.9 Å². The molecule has 0 radical (unpaired) electrons. The summed E-state index contributed by atoms with van der Waals surface area (Å²) in [7, 11) is -2.06. The molecule has 2 heterocycles. The molecule has 0 aliphatic rings. The van der Waals surface area contributed by atoms with Gasteiger partial charge in [0.05, 0.1) is 12.8 Å². The molecule has 1 amide bonds. The van der Waals surface area contributed by atoms with Crippen LogP contribution in [0.25, 0.3) is 5.82 Å². The molecule has 3 rings (SSSR count). The van der Waals surface area contributed by atoms with Crippen LogP contribution >= 0.6 is 0 Å². The van der Waals surface area contributed by atoms with Crippen LogP contribution in [0.3, 0.4) is 0 Å². The van der Waals surface area contributed by atoms with Crippen LogP contribution in [0.4, 0.5) is 17.2 Å². The van der Waals surface area contributed by atoms with E-state index >= 15 is 0 Å². The van der Waals surface area contributed by atoms with Gasteiger partial charge in [0.2, 0.25) is 15.9 Å². The van der Waals surface area contributed by atoms with Crippen molar-refractivity contribution in [2.24, 2.45) is 0 Å². The molecule has 152 valence electrons. The molecule has 11 heteroatoms. The van der Waals surface area contributed by atoms with E-state index in [-0.39, 0.29) is 6.54 Å². The van der Waals surface area contributed by atoms with Gasteiger partial charge in [-0.2, -0.15) is 4.31 Å². The Bertz CT molecular complexity index is 1110. The van der Waals surface area contributed by atoms with E-state index in [1.807, 2.05) is 17.7 Å². The number of carbonyl (C=O) groups is 1. The van der Waals surface area contributed by atoms with Crippen molar-refractivity contribution in [2.75, 3.05) is 30.5 Å².